The van der Waals surface area contributed by atoms with Gasteiger partial charge >= 0.3 is 0 Å². The lowest BCUT2D eigenvalue weighted by Gasteiger charge is -2.07. The maximum Gasteiger partial charge on any atom is 0.253 e. The molecule has 1 amide bonds. The SMILES string of the molecule is Cn1cc(CNC(=O)c2cc(Br)ccc2N)cn1. The van der Waals surface area contributed by atoms with Crippen LogP contribution in [0.25, 0.3) is 0 Å². The van der Waals surface area contributed by atoms with Crippen LogP contribution in [-0.4, -0.2) is 15.7 Å². The van der Waals surface area contributed by atoms with Gasteiger partial charge in [0.25, 0.3) is 5.91 Å². The van der Waals surface area contributed by atoms with Crippen LogP contribution < -0.4 is 11.1 Å². The summed E-state index contributed by atoms with van der Waals surface area (Å²) in [4.78, 5) is 12.0. The zero-order valence-electron chi connectivity index (χ0n) is 9.85. The predicted octanol–water partition coefficient (Wildman–Crippen LogP) is 1.69. The van der Waals surface area contributed by atoms with Gasteiger partial charge in [-0.2, -0.15) is 5.10 Å². The lowest BCUT2D eigenvalue weighted by atomic mass is 10.1. The number of carbonyl (C=O) groups is 1. The minimum Gasteiger partial charge on any atom is -0.398 e. The number of amides is 1. The van der Waals surface area contributed by atoms with Gasteiger partial charge in [-0.05, 0) is 18.2 Å². The van der Waals surface area contributed by atoms with Gasteiger partial charge in [0.15, 0.2) is 0 Å². The molecule has 5 nitrogen and oxygen atoms in total. The topological polar surface area (TPSA) is 72.9 Å². The number of aryl methyl sites for hydroxylation is 1. The van der Waals surface area contributed by atoms with E-state index < -0.39 is 0 Å². The number of carbonyl (C=O) groups excluding carboxylic acids is 1. The number of hydrogen-bond acceptors (Lipinski definition) is 3. The average Bonchev–Trinajstić information content (AvgIpc) is 2.75. The Bertz CT molecular complexity index is 579. The number of halogens is 1. The van der Waals surface area contributed by atoms with E-state index in [9.17, 15) is 4.79 Å². The highest BCUT2D eigenvalue weighted by Gasteiger charge is 2.10. The van der Waals surface area contributed by atoms with E-state index in [1.807, 2.05) is 13.2 Å². The third kappa shape index (κ3) is 2.89. The monoisotopic (exact) mass is 308 g/mol. The first-order valence-electron chi connectivity index (χ1n) is 5.37. The molecule has 1 aromatic carbocycles. The van der Waals surface area contributed by atoms with Crippen LogP contribution in [0.5, 0.6) is 0 Å². The van der Waals surface area contributed by atoms with Gasteiger partial charge in [0.1, 0.15) is 0 Å². The molecule has 0 spiro atoms. The quantitative estimate of drug-likeness (QED) is 0.848. The minimum absolute atomic E-state index is 0.197. The normalized spacial score (nSPS) is 10.3. The standard InChI is InChI=1S/C12H13BrN4O/c1-17-7-8(6-16-17)5-15-12(18)10-4-9(13)2-3-11(10)14/h2-4,6-7H,5,14H2,1H3,(H,15,18). The average molecular weight is 309 g/mol. The van der Waals surface area contributed by atoms with Gasteiger partial charge in [0.05, 0.1) is 11.8 Å². The molecule has 0 saturated carbocycles. The van der Waals surface area contributed by atoms with Gasteiger partial charge in [0, 0.05) is 35.5 Å². The highest BCUT2D eigenvalue weighted by Crippen LogP contribution is 2.18. The Kier molecular flexibility index (Phi) is 3.66. The molecule has 2 aromatic rings. The molecule has 0 aliphatic carbocycles. The van der Waals surface area contributed by atoms with Gasteiger partial charge < -0.3 is 11.1 Å². The van der Waals surface area contributed by atoms with Gasteiger partial charge in [-0.3, -0.25) is 9.48 Å². The van der Waals surface area contributed by atoms with Gasteiger partial charge in [0.2, 0.25) is 0 Å². The lowest BCUT2D eigenvalue weighted by molar-refractivity contribution is 0.0951. The third-order valence-corrected chi connectivity index (χ3v) is 2.96. The van der Waals surface area contributed by atoms with Crippen molar-refractivity contribution in [2.24, 2.45) is 7.05 Å². The summed E-state index contributed by atoms with van der Waals surface area (Å²) in [5.41, 5.74) is 7.64. The first-order chi connectivity index (χ1) is 8.56. The molecule has 0 bridgehead atoms. The number of nitrogens with two attached hydrogens (primary N) is 1. The van der Waals surface area contributed by atoms with Crippen LogP contribution >= 0.6 is 15.9 Å². The van der Waals surface area contributed by atoms with Crippen LogP contribution in [-0.2, 0) is 13.6 Å². The smallest absolute Gasteiger partial charge is 0.253 e. The van der Waals surface area contributed by atoms with Crippen LogP contribution in [0, 0.1) is 0 Å². The fourth-order valence-electron chi connectivity index (χ4n) is 1.57. The fraction of sp³-hybridized carbons (Fsp3) is 0.167. The summed E-state index contributed by atoms with van der Waals surface area (Å²) < 4.78 is 2.51. The molecule has 0 fully saturated rings. The van der Waals surface area contributed by atoms with E-state index >= 15 is 0 Å². The first kappa shape index (κ1) is 12.6. The number of benzene rings is 1. The van der Waals surface area contributed by atoms with E-state index in [4.69, 9.17) is 5.73 Å². The molecule has 0 unspecified atom stereocenters. The van der Waals surface area contributed by atoms with E-state index in [1.165, 1.54) is 0 Å². The maximum atomic E-state index is 12.0. The second kappa shape index (κ2) is 5.22. The summed E-state index contributed by atoms with van der Waals surface area (Å²) in [5, 5.41) is 6.84. The van der Waals surface area contributed by atoms with Crippen LogP contribution in [0.2, 0.25) is 0 Å². The Balaban J connectivity index is 2.05. The van der Waals surface area contributed by atoms with Crippen LogP contribution in [0.4, 0.5) is 5.69 Å². The van der Waals surface area contributed by atoms with E-state index in [2.05, 4.69) is 26.3 Å². The highest BCUT2D eigenvalue weighted by atomic mass is 79.9. The van der Waals surface area contributed by atoms with Crippen LogP contribution in [0.3, 0.4) is 0 Å². The predicted molar refractivity (Wildman–Crippen MR) is 72.9 cm³/mol. The zero-order valence-corrected chi connectivity index (χ0v) is 11.4. The molecule has 0 atom stereocenters. The lowest BCUT2D eigenvalue weighted by Crippen LogP contribution is -2.23. The van der Waals surface area contributed by atoms with E-state index in [0.717, 1.165) is 10.0 Å². The van der Waals surface area contributed by atoms with E-state index in [-0.39, 0.29) is 5.91 Å². The molecule has 1 aromatic heterocycles. The maximum absolute atomic E-state index is 12.0. The molecule has 0 radical (unpaired) electrons. The molecule has 3 N–H and O–H groups in total. The van der Waals surface area contributed by atoms with Crippen molar-refractivity contribution < 1.29 is 4.79 Å². The van der Waals surface area contributed by atoms with Crippen molar-refractivity contribution in [3.8, 4) is 0 Å². The van der Waals surface area contributed by atoms with Gasteiger partial charge in [-0.1, -0.05) is 15.9 Å². The van der Waals surface area contributed by atoms with Crippen LogP contribution in [0.15, 0.2) is 35.1 Å². The van der Waals surface area contributed by atoms with Crippen molar-refractivity contribution in [2.45, 2.75) is 6.54 Å². The second-order valence-electron chi connectivity index (χ2n) is 3.94. The number of hydrogen-bond donors (Lipinski definition) is 2. The summed E-state index contributed by atoms with van der Waals surface area (Å²) in [6.45, 7) is 0.429. The number of rotatable bonds is 3. The summed E-state index contributed by atoms with van der Waals surface area (Å²) in [6, 6.07) is 5.20. The molecule has 1 heterocycles. The van der Waals surface area contributed by atoms with Crippen molar-refractivity contribution in [3.63, 3.8) is 0 Å². The minimum atomic E-state index is -0.197. The summed E-state index contributed by atoms with van der Waals surface area (Å²) >= 11 is 3.32. The number of nitrogens with one attached hydrogen (secondary N) is 1. The molecule has 0 saturated heterocycles. The summed E-state index contributed by atoms with van der Waals surface area (Å²) in [7, 11) is 1.83. The Morgan fingerprint density at radius 2 is 2.33 bits per heavy atom. The summed E-state index contributed by atoms with van der Waals surface area (Å²) in [6.07, 6.45) is 3.56. The van der Waals surface area contributed by atoms with Crippen molar-refractivity contribution in [1.29, 1.82) is 0 Å². The molecule has 18 heavy (non-hydrogen) atoms. The molecule has 0 aliphatic rings. The number of nitrogens with zero attached hydrogens (tertiary/aromatic N) is 2. The molecular weight excluding hydrogens is 296 g/mol. The number of aromatic nitrogens is 2. The van der Waals surface area contributed by atoms with Crippen LogP contribution in [0.1, 0.15) is 15.9 Å². The Hall–Kier alpha value is -1.82. The number of nitrogen functional groups attached to an aromatic ring is 1. The van der Waals surface area contributed by atoms with Crippen molar-refractivity contribution in [2.75, 3.05) is 5.73 Å². The zero-order chi connectivity index (χ0) is 13.1. The Morgan fingerprint density at radius 3 is 3.00 bits per heavy atom. The highest BCUT2D eigenvalue weighted by molar-refractivity contribution is 9.10. The Morgan fingerprint density at radius 1 is 1.56 bits per heavy atom. The largest absolute Gasteiger partial charge is 0.398 e. The second-order valence-corrected chi connectivity index (χ2v) is 4.85. The van der Waals surface area contributed by atoms with Crippen molar-refractivity contribution >= 4 is 27.5 Å². The van der Waals surface area contributed by atoms with Crippen molar-refractivity contribution in [3.05, 3.63) is 46.2 Å². The van der Waals surface area contributed by atoms with Crippen molar-refractivity contribution in [1.82, 2.24) is 15.1 Å². The Labute approximate surface area is 113 Å². The number of anilines is 1. The molecule has 6 heteroatoms. The molecule has 94 valence electrons. The van der Waals surface area contributed by atoms with Gasteiger partial charge in [-0.25, -0.2) is 0 Å². The van der Waals surface area contributed by atoms with E-state index in [1.54, 1.807) is 29.1 Å². The fourth-order valence-corrected chi connectivity index (χ4v) is 1.93. The van der Waals surface area contributed by atoms with E-state index in [0.29, 0.717) is 17.8 Å². The molecule has 0 aliphatic heterocycles. The molecule has 2 rings (SSSR count). The molecular formula is C12H13BrN4O. The first-order valence-corrected chi connectivity index (χ1v) is 6.16. The van der Waals surface area contributed by atoms with Gasteiger partial charge in [-0.15, -0.1) is 0 Å². The summed E-state index contributed by atoms with van der Waals surface area (Å²) in [5.74, 6) is -0.197. The third-order valence-electron chi connectivity index (χ3n) is 2.47.